The van der Waals surface area contributed by atoms with E-state index in [0.717, 1.165) is 30.3 Å². The van der Waals surface area contributed by atoms with Crippen molar-refractivity contribution >= 4 is 17.2 Å². The van der Waals surface area contributed by atoms with Gasteiger partial charge in [0, 0.05) is 43.8 Å². The molecule has 0 radical (unpaired) electrons. The summed E-state index contributed by atoms with van der Waals surface area (Å²) in [6.45, 7) is 3.05. The molecule has 26 heavy (non-hydrogen) atoms. The number of thiazole rings is 1. The van der Waals surface area contributed by atoms with Crippen molar-refractivity contribution < 1.29 is 4.79 Å². The molecule has 1 aliphatic rings. The zero-order valence-corrected chi connectivity index (χ0v) is 15.1. The summed E-state index contributed by atoms with van der Waals surface area (Å²) in [5.41, 5.74) is 3.57. The largest absolute Gasteiger partial charge is 0.350 e. The Balaban J connectivity index is 1.23. The normalized spacial score (nSPS) is 13.5. The number of nitrogens with zero attached hydrogens (tertiary/aromatic N) is 4. The van der Waals surface area contributed by atoms with Gasteiger partial charge in [-0.1, -0.05) is 24.3 Å². The van der Waals surface area contributed by atoms with Crippen LogP contribution in [0.2, 0.25) is 0 Å². The molecule has 132 valence electrons. The molecular formula is C19H19N5OS. The summed E-state index contributed by atoms with van der Waals surface area (Å²) in [5, 5.41) is 5.65. The maximum Gasteiger partial charge on any atom is 0.221 e. The molecule has 3 aromatic rings. The molecule has 0 bridgehead atoms. The highest BCUT2D eigenvalue weighted by molar-refractivity contribution is 7.13. The Morgan fingerprint density at radius 2 is 1.85 bits per heavy atom. The molecule has 0 spiro atoms. The minimum absolute atomic E-state index is 0.0477. The van der Waals surface area contributed by atoms with Crippen LogP contribution in [0.5, 0.6) is 0 Å². The van der Waals surface area contributed by atoms with Crippen molar-refractivity contribution in [1.82, 2.24) is 25.2 Å². The van der Waals surface area contributed by atoms with Crippen molar-refractivity contribution in [2.75, 3.05) is 6.54 Å². The zero-order valence-electron chi connectivity index (χ0n) is 14.3. The zero-order chi connectivity index (χ0) is 17.8. The van der Waals surface area contributed by atoms with Crippen LogP contribution in [-0.2, 0) is 24.4 Å². The van der Waals surface area contributed by atoms with Crippen LogP contribution in [0.15, 0.2) is 48.1 Å². The predicted molar refractivity (Wildman–Crippen MR) is 100 cm³/mol. The topological polar surface area (TPSA) is 71.0 Å². The maximum atomic E-state index is 12.1. The van der Waals surface area contributed by atoms with Gasteiger partial charge in [-0.15, -0.1) is 11.3 Å². The Morgan fingerprint density at radius 1 is 1.12 bits per heavy atom. The summed E-state index contributed by atoms with van der Waals surface area (Å²) in [7, 11) is 0. The van der Waals surface area contributed by atoms with Crippen LogP contribution in [0.4, 0.5) is 0 Å². The number of benzene rings is 1. The lowest BCUT2D eigenvalue weighted by Crippen LogP contribution is -2.28. The van der Waals surface area contributed by atoms with Gasteiger partial charge in [-0.25, -0.2) is 15.0 Å². The van der Waals surface area contributed by atoms with Crippen LogP contribution in [0.25, 0.3) is 10.8 Å². The van der Waals surface area contributed by atoms with E-state index < -0.39 is 0 Å². The standard InChI is InChI=1S/C19H19N5OS/c25-17(6-9-24-11-14-4-1-2-5-15(14)12-24)22-10-16-13-26-19(23-16)18-20-7-3-8-21-18/h1-5,7-8,13H,6,9-12H2,(H,22,25). The highest BCUT2D eigenvalue weighted by atomic mass is 32.1. The number of fused-ring (bicyclic) bond motifs is 1. The molecular weight excluding hydrogens is 346 g/mol. The average Bonchev–Trinajstić information content (AvgIpc) is 3.32. The van der Waals surface area contributed by atoms with Crippen LogP contribution < -0.4 is 5.32 Å². The Kier molecular flexibility index (Phi) is 4.99. The molecule has 7 heteroatoms. The molecule has 0 atom stereocenters. The van der Waals surface area contributed by atoms with E-state index in [1.165, 1.54) is 22.5 Å². The SMILES string of the molecule is O=C(CCN1Cc2ccccc2C1)NCc1csc(-c2ncccn2)n1. The van der Waals surface area contributed by atoms with Crippen LogP contribution in [0, 0.1) is 0 Å². The number of carbonyl (C=O) groups is 1. The van der Waals surface area contributed by atoms with Gasteiger partial charge < -0.3 is 5.32 Å². The molecule has 0 unspecified atom stereocenters. The van der Waals surface area contributed by atoms with Gasteiger partial charge in [0.25, 0.3) is 0 Å². The number of carbonyl (C=O) groups excluding carboxylic acids is 1. The van der Waals surface area contributed by atoms with Crippen molar-refractivity contribution in [3.05, 3.63) is 64.9 Å². The van der Waals surface area contributed by atoms with Crippen LogP contribution in [0.1, 0.15) is 23.2 Å². The second kappa shape index (κ2) is 7.72. The summed E-state index contributed by atoms with van der Waals surface area (Å²) >= 11 is 1.49. The van der Waals surface area contributed by atoms with Gasteiger partial charge in [0.2, 0.25) is 5.91 Å². The fourth-order valence-electron chi connectivity index (χ4n) is 3.00. The van der Waals surface area contributed by atoms with Gasteiger partial charge in [-0.05, 0) is 17.2 Å². The smallest absolute Gasteiger partial charge is 0.221 e. The third kappa shape index (κ3) is 3.95. The number of hydrogen-bond acceptors (Lipinski definition) is 6. The van der Waals surface area contributed by atoms with Crippen LogP contribution in [-0.4, -0.2) is 32.3 Å². The summed E-state index contributed by atoms with van der Waals surface area (Å²) in [5.74, 6) is 0.662. The molecule has 1 aliphatic heterocycles. The summed E-state index contributed by atoms with van der Waals surface area (Å²) in [6, 6.07) is 10.2. The molecule has 1 amide bonds. The molecule has 0 fully saturated rings. The average molecular weight is 365 g/mol. The minimum Gasteiger partial charge on any atom is -0.350 e. The molecule has 0 aliphatic carbocycles. The van der Waals surface area contributed by atoms with E-state index >= 15 is 0 Å². The van der Waals surface area contributed by atoms with E-state index in [1.54, 1.807) is 18.5 Å². The summed E-state index contributed by atoms with van der Waals surface area (Å²) < 4.78 is 0. The lowest BCUT2D eigenvalue weighted by Gasteiger charge is -2.14. The first-order valence-corrected chi connectivity index (χ1v) is 9.43. The fraction of sp³-hybridized carbons (Fsp3) is 0.263. The molecule has 6 nitrogen and oxygen atoms in total. The Morgan fingerprint density at radius 3 is 2.58 bits per heavy atom. The molecule has 2 aromatic heterocycles. The second-order valence-corrected chi connectivity index (χ2v) is 7.08. The van der Waals surface area contributed by atoms with E-state index in [9.17, 15) is 4.79 Å². The van der Waals surface area contributed by atoms with E-state index in [2.05, 4.69) is 49.4 Å². The van der Waals surface area contributed by atoms with Gasteiger partial charge in [0.1, 0.15) is 0 Å². The number of rotatable bonds is 6. The first-order chi connectivity index (χ1) is 12.8. The monoisotopic (exact) mass is 365 g/mol. The van der Waals surface area contributed by atoms with E-state index in [1.807, 2.05) is 5.38 Å². The first kappa shape index (κ1) is 16.8. The van der Waals surface area contributed by atoms with Crippen molar-refractivity contribution in [3.8, 4) is 10.8 Å². The molecule has 1 aromatic carbocycles. The van der Waals surface area contributed by atoms with Gasteiger partial charge in [-0.3, -0.25) is 9.69 Å². The van der Waals surface area contributed by atoms with Crippen LogP contribution >= 0.6 is 11.3 Å². The van der Waals surface area contributed by atoms with Crippen molar-refractivity contribution in [2.24, 2.45) is 0 Å². The third-order valence-electron chi connectivity index (χ3n) is 4.34. The number of amides is 1. The van der Waals surface area contributed by atoms with Crippen molar-refractivity contribution in [3.63, 3.8) is 0 Å². The molecule has 4 rings (SSSR count). The van der Waals surface area contributed by atoms with Gasteiger partial charge >= 0.3 is 0 Å². The Bertz CT molecular complexity index is 871. The lowest BCUT2D eigenvalue weighted by molar-refractivity contribution is -0.121. The van der Waals surface area contributed by atoms with E-state index in [4.69, 9.17) is 0 Å². The van der Waals surface area contributed by atoms with Crippen molar-refractivity contribution in [1.29, 1.82) is 0 Å². The Labute approximate surface area is 155 Å². The lowest BCUT2D eigenvalue weighted by atomic mass is 10.1. The molecule has 3 heterocycles. The molecule has 1 N–H and O–H groups in total. The first-order valence-electron chi connectivity index (χ1n) is 8.55. The fourth-order valence-corrected chi connectivity index (χ4v) is 3.76. The molecule has 0 saturated heterocycles. The summed E-state index contributed by atoms with van der Waals surface area (Å²) in [6.07, 6.45) is 3.89. The number of nitrogens with one attached hydrogen (secondary N) is 1. The highest BCUT2D eigenvalue weighted by Crippen LogP contribution is 2.22. The molecule has 0 saturated carbocycles. The van der Waals surface area contributed by atoms with Crippen LogP contribution in [0.3, 0.4) is 0 Å². The van der Waals surface area contributed by atoms with Gasteiger partial charge in [-0.2, -0.15) is 0 Å². The van der Waals surface area contributed by atoms with Crippen molar-refractivity contribution in [2.45, 2.75) is 26.1 Å². The quantitative estimate of drug-likeness (QED) is 0.727. The summed E-state index contributed by atoms with van der Waals surface area (Å²) in [4.78, 5) is 27.3. The van der Waals surface area contributed by atoms with Gasteiger partial charge in [0.15, 0.2) is 10.8 Å². The second-order valence-electron chi connectivity index (χ2n) is 6.22. The van der Waals surface area contributed by atoms with E-state index in [-0.39, 0.29) is 5.91 Å². The highest BCUT2D eigenvalue weighted by Gasteiger charge is 2.18. The number of aromatic nitrogens is 3. The maximum absolute atomic E-state index is 12.1. The van der Waals surface area contributed by atoms with Gasteiger partial charge in [0.05, 0.1) is 12.2 Å². The predicted octanol–water partition coefficient (Wildman–Crippen LogP) is 2.62. The Hall–Kier alpha value is -2.64. The van der Waals surface area contributed by atoms with E-state index in [0.29, 0.717) is 18.8 Å². The third-order valence-corrected chi connectivity index (χ3v) is 5.22. The minimum atomic E-state index is 0.0477. The number of hydrogen-bond donors (Lipinski definition) is 1.